The van der Waals surface area contributed by atoms with Gasteiger partial charge in [0.05, 0.1) is 0 Å². The number of hydrogen-bond donors (Lipinski definition) is 2. The summed E-state index contributed by atoms with van der Waals surface area (Å²) in [5.41, 5.74) is 0. The van der Waals surface area contributed by atoms with Gasteiger partial charge in [0.2, 0.25) is 0 Å². The van der Waals surface area contributed by atoms with Crippen molar-refractivity contribution in [1.82, 2.24) is 6.15 Å². The normalized spacial score (nSPS) is 1.40. The van der Waals surface area contributed by atoms with E-state index in [1.807, 2.05) is 0 Å². The minimum Gasteiger partial charge on any atom is -0.503 e. The Bertz CT molecular complexity index is 31.1. The molecule has 0 aromatic rings. The predicted molar refractivity (Wildman–Crippen MR) is 24.7 cm³/mol. The summed E-state index contributed by atoms with van der Waals surface area (Å²) in [4.78, 5) is 14.3. The molecule has 30 valence electrons. The van der Waals surface area contributed by atoms with Crippen LogP contribution in [0.5, 0.6) is 0 Å². The van der Waals surface area contributed by atoms with Crippen LogP contribution in [0.15, 0.2) is 0 Å². The summed E-state index contributed by atoms with van der Waals surface area (Å²) in [6, 6.07) is 0. The van der Waals surface area contributed by atoms with Crippen LogP contribution in [0, 0.1) is 4.89 Å². The van der Waals surface area contributed by atoms with E-state index in [0.717, 1.165) is 0 Å². The summed E-state index contributed by atoms with van der Waals surface area (Å²) in [5.74, 6) is 0. The van der Waals surface area contributed by atoms with Crippen LogP contribution in [0.1, 0.15) is 0 Å². The van der Waals surface area contributed by atoms with Crippen LogP contribution in [0.4, 0.5) is 0 Å². The molecule has 0 saturated carbocycles. The Hall–Kier alpha value is 0.219. The summed E-state index contributed by atoms with van der Waals surface area (Å²) in [6.07, 6.45) is 0. The third-order valence-corrected chi connectivity index (χ3v) is 0. The van der Waals surface area contributed by atoms with Crippen molar-refractivity contribution in [2.75, 3.05) is 0 Å². The SMILES string of the molecule is N.N#[Si]O.[AlH3]. The average Bonchev–Trinajstić information content (AvgIpc) is 0.918. The van der Waals surface area contributed by atoms with Crippen LogP contribution >= 0.6 is 0 Å². The zero-order chi connectivity index (χ0) is 2.71. The first kappa shape index (κ1) is 18.9. The fourth-order valence-electron chi connectivity index (χ4n) is 0. The molecule has 0 aromatic heterocycles. The highest BCUT2D eigenvalue weighted by atomic mass is 28.2. The molecule has 0 aliphatic rings. The van der Waals surface area contributed by atoms with E-state index >= 15 is 0 Å². The lowest BCUT2D eigenvalue weighted by Crippen LogP contribution is -1.46. The van der Waals surface area contributed by atoms with Crippen molar-refractivity contribution in [1.29, 1.82) is 4.89 Å². The Kier molecular flexibility index (Phi) is 111. The van der Waals surface area contributed by atoms with Gasteiger partial charge in [0.1, 0.15) is 0 Å². The number of nitrogens with zero attached hydrogens (tertiary/aromatic N) is 1. The van der Waals surface area contributed by atoms with E-state index in [9.17, 15) is 0 Å². The highest BCUT2D eigenvalue weighted by Gasteiger charge is 1.25. The fourth-order valence-corrected chi connectivity index (χ4v) is 0. The van der Waals surface area contributed by atoms with Gasteiger partial charge in [-0.05, 0) is 0 Å². The first-order chi connectivity index (χ1) is 1.41. The van der Waals surface area contributed by atoms with E-state index in [-0.39, 0.29) is 23.5 Å². The molecule has 0 amide bonds. The monoisotopic (exact) mass is 106 g/mol. The van der Waals surface area contributed by atoms with Crippen LogP contribution in [-0.2, 0) is 0 Å². The molecule has 0 spiro atoms. The molecule has 0 heterocycles. The maximum Gasteiger partial charge on any atom is 0.451 e. The molecule has 5 heavy (non-hydrogen) atoms. The average molecular weight is 106 g/mol. The molecule has 0 aromatic carbocycles. The summed E-state index contributed by atoms with van der Waals surface area (Å²) in [6.45, 7) is 0. The first-order valence-corrected chi connectivity index (χ1v) is 1.34. The van der Waals surface area contributed by atoms with Gasteiger partial charge in [0.15, 0.2) is 17.4 Å². The number of hydrogen-bond acceptors (Lipinski definition) is 3. The second-order valence-electron chi connectivity index (χ2n) is 0.100. The molecule has 0 radical (unpaired) electrons. The zero-order valence-electron chi connectivity index (χ0n) is 2.10. The van der Waals surface area contributed by atoms with Gasteiger partial charge in [-0.25, -0.2) is 4.89 Å². The van der Waals surface area contributed by atoms with Crippen LogP contribution in [0.25, 0.3) is 0 Å². The van der Waals surface area contributed by atoms with Gasteiger partial charge in [-0.1, -0.05) is 0 Å². The van der Waals surface area contributed by atoms with Crippen molar-refractivity contribution >= 4 is 26.8 Å². The molecule has 0 fully saturated rings. The maximum atomic E-state index is 7.15. The smallest absolute Gasteiger partial charge is 0.451 e. The van der Waals surface area contributed by atoms with Crippen molar-refractivity contribution in [2.45, 2.75) is 0 Å². The molecule has 0 aliphatic carbocycles. The van der Waals surface area contributed by atoms with Crippen LogP contribution in [0.3, 0.4) is 0 Å². The van der Waals surface area contributed by atoms with Crippen LogP contribution in [-0.4, -0.2) is 31.6 Å². The third-order valence-electron chi connectivity index (χ3n) is 0. The summed E-state index contributed by atoms with van der Waals surface area (Å²) in [5, 5.41) is 0. The van der Waals surface area contributed by atoms with E-state index < -0.39 is 9.40 Å². The van der Waals surface area contributed by atoms with E-state index in [4.69, 9.17) is 9.68 Å². The van der Waals surface area contributed by atoms with Gasteiger partial charge >= 0.3 is 9.40 Å². The summed E-state index contributed by atoms with van der Waals surface area (Å²) < 4.78 is 0. The Labute approximate surface area is 43.3 Å². The molecule has 5 heteroatoms. The van der Waals surface area contributed by atoms with E-state index in [2.05, 4.69) is 0 Å². The molecule has 0 saturated heterocycles. The second-order valence-corrected chi connectivity index (χ2v) is 0.300. The lowest BCUT2D eigenvalue weighted by Gasteiger charge is -1.24. The highest BCUT2D eigenvalue weighted by molar-refractivity contribution is 6.02. The predicted octanol–water partition coefficient (Wildman–Crippen LogP) is -1.94. The van der Waals surface area contributed by atoms with Crippen molar-refractivity contribution in [3.63, 3.8) is 0 Å². The standard InChI is InChI=1S/Al.HNOSi.H3N.3H/c;1-3-2;;;;/h;2H;1H3;;;. The third kappa shape index (κ3) is 432. The second kappa shape index (κ2) is 29.4. The van der Waals surface area contributed by atoms with Gasteiger partial charge in [-0.15, -0.1) is 0 Å². The van der Waals surface area contributed by atoms with Crippen LogP contribution in [0.2, 0.25) is 0 Å². The first-order valence-electron chi connectivity index (χ1n) is 0.447. The fraction of sp³-hybridized carbons (Fsp3) is 0. The van der Waals surface area contributed by atoms with E-state index in [1.165, 1.54) is 0 Å². The lowest BCUT2D eigenvalue weighted by atomic mass is 14.0. The minimum absolute atomic E-state index is 0. The topological polar surface area (TPSA) is 79.0 Å². The molecular weight excluding hydrogens is 99.1 g/mol. The molecule has 0 aliphatic heterocycles. The molecular formula is H7AlN2OSi. The summed E-state index contributed by atoms with van der Waals surface area (Å²) in [7, 11) is -0.917. The maximum absolute atomic E-state index is 7.15. The van der Waals surface area contributed by atoms with Gasteiger partial charge in [0.25, 0.3) is 0 Å². The quantitative estimate of drug-likeness (QED) is 0.352. The van der Waals surface area contributed by atoms with Crippen molar-refractivity contribution in [3.05, 3.63) is 0 Å². The minimum atomic E-state index is -0.917. The highest BCUT2D eigenvalue weighted by Crippen LogP contribution is 0.871. The Morgan fingerprint density at radius 1 is 1.60 bits per heavy atom. The Balaban J connectivity index is -0.0000000200. The van der Waals surface area contributed by atoms with Crippen molar-refractivity contribution in [3.8, 4) is 0 Å². The molecule has 0 atom stereocenters. The number of rotatable bonds is 0. The zero-order valence-corrected chi connectivity index (χ0v) is 3.10. The Morgan fingerprint density at radius 3 is 1.60 bits per heavy atom. The largest absolute Gasteiger partial charge is 0.503 e. The van der Waals surface area contributed by atoms with Gasteiger partial charge in [0, 0.05) is 0 Å². The van der Waals surface area contributed by atoms with E-state index in [1.54, 1.807) is 0 Å². The molecule has 4 N–H and O–H groups in total. The van der Waals surface area contributed by atoms with Gasteiger partial charge in [-0.3, -0.25) is 0 Å². The summed E-state index contributed by atoms with van der Waals surface area (Å²) >= 11 is 0. The molecule has 0 rings (SSSR count). The van der Waals surface area contributed by atoms with Crippen LogP contribution < -0.4 is 6.15 Å². The van der Waals surface area contributed by atoms with Crippen molar-refractivity contribution < 1.29 is 4.80 Å². The lowest BCUT2D eigenvalue weighted by molar-refractivity contribution is 0.617. The molecule has 0 bridgehead atoms. The Morgan fingerprint density at radius 2 is 1.60 bits per heavy atom. The van der Waals surface area contributed by atoms with Gasteiger partial charge < -0.3 is 10.9 Å². The van der Waals surface area contributed by atoms with E-state index in [0.29, 0.717) is 0 Å². The molecule has 0 unspecified atom stereocenters. The van der Waals surface area contributed by atoms with Crippen molar-refractivity contribution in [2.24, 2.45) is 0 Å². The molecule has 3 nitrogen and oxygen atoms in total. The van der Waals surface area contributed by atoms with Gasteiger partial charge in [-0.2, -0.15) is 0 Å².